The van der Waals surface area contributed by atoms with Crippen molar-refractivity contribution in [2.45, 2.75) is 13.1 Å². The number of rotatable bonds is 5. The third kappa shape index (κ3) is 4.73. The molecule has 0 fully saturated rings. The minimum absolute atomic E-state index is 0.000325. The van der Waals surface area contributed by atoms with Gasteiger partial charge in [0.2, 0.25) is 5.91 Å². The second-order valence-electron chi connectivity index (χ2n) is 8.98. The molecule has 2 aliphatic rings. The van der Waals surface area contributed by atoms with E-state index in [1.165, 1.54) is 0 Å². The van der Waals surface area contributed by atoms with Crippen LogP contribution in [0.3, 0.4) is 0 Å². The van der Waals surface area contributed by atoms with Gasteiger partial charge in [-0.2, -0.15) is 0 Å². The van der Waals surface area contributed by atoms with E-state index in [1.807, 2.05) is 79.9 Å². The highest BCUT2D eigenvalue weighted by Crippen LogP contribution is 2.28. The van der Waals surface area contributed by atoms with Gasteiger partial charge in [0.1, 0.15) is 6.54 Å². The van der Waals surface area contributed by atoms with Crippen LogP contribution in [0.1, 0.15) is 31.8 Å². The minimum atomic E-state index is -0.179. The molecule has 2 heterocycles. The van der Waals surface area contributed by atoms with Crippen LogP contribution in [0, 0.1) is 0 Å². The Kier molecular flexibility index (Phi) is 6.54. The fraction of sp³-hybridized carbons (Fsp3) is 0.207. The average Bonchev–Trinajstić information content (AvgIpc) is 3.42. The van der Waals surface area contributed by atoms with Gasteiger partial charge in [0.05, 0.1) is 6.54 Å². The van der Waals surface area contributed by atoms with Crippen LogP contribution in [-0.2, 0) is 17.9 Å². The summed E-state index contributed by atoms with van der Waals surface area (Å²) < 4.78 is 0. The van der Waals surface area contributed by atoms with Crippen LogP contribution >= 0.6 is 0 Å². The second kappa shape index (κ2) is 10.1. The Labute approximate surface area is 210 Å². The van der Waals surface area contributed by atoms with Gasteiger partial charge in [-0.05, 0) is 53.6 Å². The molecule has 3 amide bonds. The van der Waals surface area contributed by atoms with Gasteiger partial charge in [0.25, 0.3) is 11.8 Å². The maximum absolute atomic E-state index is 13.4. The molecule has 0 saturated carbocycles. The maximum Gasteiger partial charge on any atom is 0.254 e. The summed E-state index contributed by atoms with van der Waals surface area (Å²) in [7, 11) is 1.83. The number of nitrogens with zero attached hydrogens (tertiary/aromatic N) is 3. The lowest BCUT2D eigenvalue weighted by atomic mass is 10.1. The lowest BCUT2D eigenvalue weighted by Gasteiger charge is -2.23. The van der Waals surface area contributed by atoms with Crippen LogP contribution in [0.4, 0.5) is 11.4 Å². The van der Waals surface area contributed by atoms with Gasteiger partial charge in [-0.25, -0.2) is 0 Å². The summed E-state index contributed by atoms with van der Waals surface area (Å²) in [6.45, 7) is 1.96. The molecule has 7 heteroatoms. The molecule has 1 N–H and O–H groups in total. The molecule has 0 saturated heterocycles. The molecule has 182 valence electrons. The molecule has 36 heavy (non-hydrogen) atoms. The summed E-state index contributed by atoms with van der Waals surface area (Å²) in [5, 5.41) is 3.05. The van der Waals surface area contributed by atoms with E-state index in [0.717, 1.165) is 22.5 Å². The van der Waals surface area contributed by atoms with Crippen LogP contribution in [0.2, 0.25) is 0 Å². The maximum atomic E-state index is 13.4. The largest absolute Gasteiger partial charge is 0.388 e. The zero-order chi connectivity index (χ0) is 25.1. The molecular weight excluding hydrogens is 452 g/mol. The van der Waals surface area contributed by atoms with Crippen molar-refractivity contribution >= 4 is 29.1 Å². The van der Waals surface area contributed by atoms with Gasteiger partial charge >= 0.3 is 0 Å². The van der Waals surface area contributed by atoms with Gasteiger partial charge < -0.3 is 20.0 Å². The zero-order valence-corrected chi connectivity index (χ0v) is 20.2. The van der Waals surface area contributed by atoms with Crippen molar-refractivity contribution < 1.29 is 14.4 Å². The number of nitrogens with one attached hydrogen (secondary N) is 1. The van der Waals surface area contributed by atoms with Crippen molar-refractivity contribution in [2.24, 2.45) is 0 Å². The Morgan fingerprint density at radius 3 is 2.06 bits per heavy atom. The summed E-state index contributed by atoms with van der Waals surface area (Å²) >= 11 is 0. The first kappa shape index (κ1) is 23.4. The number of carbonyl (C=O) groups excluding carboxylic acids is 3. The predicted molar refractivity (Wildman–Crippen MR) is 140 cm³/mol. The molecule has 3 aromatic rings. The first-order valence-corrected chi connectivity index (χ1v) is 12.0. The fourth-order valence-electron chi connectivity index (χ4n) is 4.59. The number of hydrogen-bond donors (Lipinski definition) is 1. The van der Waals surface area contributed by atoms with Gasteiger partial charge in [-0.1, -0.05) is 42.5 Å². The Bertz CT molecular complexity index is 1310. The summed E-state index contributed by atoms with van der Waals surface area (Å²) in [5.74, 6) is -0.329. The fourth-order valence-corrected chi connectivity index (χ4v) is 4.59. The van der Waals surface area contributed by atoms with E-state index in [-0.39, 0.29) is 24.3 Å². The van der Waals surface area contributed by atoms with E-state index in [2.05, 4.69) is 5.32 Å². The van der Waals surface area contributed by atoms with Crippen molar-refractivity contribution in [1.29, 1.82) is 0 Å². The molecule has 2 aliphatic heterocycles. The van der Waals surface area contributed by atoms with Gasteiger partial charge in [-0.15, -0.1) is 0 Å². The SMILES string of the molecule is CNc1ccc(C(=O)N2CC(=O)N(Cc3ccc(C(=O)N4CC=CC4)cc3)c3ccccc3C2)cc1. The standard InChI is InChI=1S/C29H28N4O3/c1-30-25-14-12-23(13-15-25)29(36)32-19-24-6-2-3-7-26(24)33(27(34)20-32)18-21-8-10-22(11-9-21)28(35)31-16-4-5-17-31/h2-15,30H,16-20H2,1H3. The van der Waals surface area contributed by atoms with E-state index in [9.17, 15) is 14.4 Å². The predicted octanol–water partition coefficient (Wildman–Crippen LogP) is 3.93. The first-order valence-electron chi connectivity index (χ1n) is 12.0. The topological polar surface area (TPSA) is 73.0 Å². The molecule has 0 bridgehead atoms. The summed E-state index contributed by atoms with van der Waals surface area (Å²) in [4.78, 5) is 44.5. The van der Waals surface area contributed by atoms with E-state index in [0.29, 0.717) is 37.3 Å². The molecule has 5 rings (SSSR count). The molecule has 0 radical (unpaired) electrons. The van der Waals surface area contributed by atoms with Gasteiger partial charge in [0.15, 0.2) is 0 Å². The molecular formula is C29H28N4O3. The first-order chi connectivity index (χ1) is 17.5. The van der Waals surface area contributed by atoms with Crippen LogP contribution in [0.25, 0.3) is 0 Å². The Hall–Kier alpha value is -4.39. The van der Waals surface area contributed by atoms with E-state index in [1.54, 1.807) is 26.8 Å². The number of benzene rings is 3. The normalized spacial score (nSPS) is 15.0. The third-order valence-corrected chi connectivity index (χ3v) is 6.63. The van der Waals surface area contributed by atoms with Gasteiger partial charge in [-0.3, -0.25) is 14.4 Å². The molecule has 0 aliphatic carbocycles. The summed E-state index contributed by atoms with van der Waals surface area (Å²) in [6.07, 6.45) is 3.97. The van der Waals surface area contributed by atoms with E-state index < -0.39 is 0 Å². The quantitative estimate of drug-likeness (QED) is 0.562. The molecule has 3 aromatic carbocycles. The summed E-state index contributed by atoms with van der Waals surface area (Å²) in [5.41, 5.74) is 4.72. The monoisotopic (exact) mass is 480 g/mol. The Morgan fingerprint density at radius 2 is 1.39 bits per heavy atom. The third-order valence-electron chi connectivity index (χ3n) is 6.63. The molecule has 0 atom stereocenters. The van der Waals surface area contributed by atoms with Crippen molar-refractivity contribution in [2.75, 3.05) is 36.9 Å². The second-order valence-corrected chi connectivity index (χ2v) is 8.98. The molecule has 0 spiro atoms. The van der Waals surface area contributed by atoms with Crippen molar-refractivity contribution in [3.63, 3.8) is 0 Å². The number of amides is 3. The Morgan fingerprint density at radius 1 is 0.778 bits per heavy atom. The smallest absolute Gasteiger partial charge is 0.254 e. The molecule has 7 nitrogen and oxygen atoms in total. The number of fused-ring (bicyclic) bond motifs is 1. The van der Waals surface area contributed by atoms with Crippen molar-refractivity contribution in [3.05, 3.63) is 107 Å². The average molecular weight is 481 g/mol. The number of hydrogen-bond acceptors (Lipinski definition) is 4. The number of anilines is 2. The van der Waals surface area contributed by atoms with Crippen LogP contribution in [0.15, 0.2) is 84.9 Å². The highest BCUT2D eigenvalue weighted by atomic mass is 16.2. The van der Waals surface area contributed by atoms with Crippen molar-refractivity contribution in [1.82, 2.24) is 9.80 Å². The van der Waals surface area contributed by atoms with Gasteiger partial charge in [0, 0.05) is 49.2 Å². The molecule has 0 unspecified atom stereocenters. The van der Waals surface area contributed by atoms with Crippen LogP contribution in [-0.4, -0.2) is 54.2 Å². The van der Waals surface area contributed by atoms with E-state index in [4.69, 9.17) is 0 Å². The highest BCUT2D eigenvalue weighted by molar-refractivity contribution is 6.02. The van der Waals surface area contributed by atoms with Crippen LogP contribution < -0.4 is 10.2 Å². The lowest BCUT2D eigenvalue weighted by molar-refractivity contribution is -0.119. The lowest BCUT2D eigenvalue weighted by Crippen LogP contribution is -2.39. The highest BCUT2D eigenvalue weighted by Gasteiger charge is 2.29. The number of carbonyl (C=O) groups is 3. The number of para-hydroxylation sites is 1. The minimum Gasteiger partial charge on any atom is -0.388 e. The van der Waals surface area contributed by atoms with Crippen LogP contribution in [0.5, 0.6) is 0 Å². The zero-order valence-electron chi connectivity index (χ0n) is 20.2. The summed E-state index contributed by atoms with van der Waals surface area (Å²) in [6, 6.07) is 22.4. The Balaban J connectivity index is 1.36. The van der Waals surface area contributed by atoms with Crippen molar-refractivity contribution in [3.8, 4) is 0 Å². The molecule has 0 aromatic heterocycles. The van der Waals surface area contributed by atoms with E-state index >= 15 is 0 Å².